The predicted molar refractivity (Wildman–Crippen MR) is 81.5 cm³/mol. The zero-order valence-electron chi connectivity index (χ0n) is 12.4. The highest BCUT2D eigenvalue weighted by molar-refractivity contribution is 6.04. The van der Waals surface area contributed by atoms with E-state index in [0.717, 1.165) is 0 Å². The summed E-state index contributed by atoms with van der Waals surface area (Å²) in [6.07, 6.45) is -3.96. The molecular formula is C16H14F3N3O2. The van der Waals surface area contributed by atoms with Crippen LogP contribution >= 0.6 is 0 Å². The summed E-state index contributed by atoms with van der Waals surface area (Å²) in [7, 11) is 0. The molecule has 3 N–H and O–H groups in total. The molecule has 0 saturated carbocycles. The van der Waals surface area contributed by atoms with E-state index in [9.17, 15) is 22.8 Å². The number of anilines is 1. The van der Waals surface area contributed by atoms with E-state index in [0.29, 0.717) is 16.8 Å². The lowest BCUT2D eigenvalue weighted by Crippen LogP contribution is -2.15. The van der Waals surface area contributed by atoms with Crippen molar-refractivity contribution < 1.29 is 22.8 Å². The van der Waals surface area contributed by atoms with Gasteiger partial charge in [-0.05, 0) is 36.2 Å². The molecule has 8 heteroatoms. The molecule has 0 aliphatic rings. The molecule has 2 aromatic rings. The molecule has 0 bridgehead atoms. The number of benzene rings is 1. The number of amides is 2. The number of halogens is 3. The molecular weight excluding hydrogens is 323 g/mol. The number of aromatic nitrogens is 1. The molecule has 24 heavy (non-hydrogen) atoms. The number of carbonyl (C=O) groups is 2. The monoisotopic (exact) mass is 337 g/mol. The van der Waals surface area contributed by atoms with Gasteiger partial charge in [-0.2, -0.15) is 13.2 Å². The summed E-state index contributed by atoms with van der Waals surface area (Å²) in [5.74, 6) is -1.12. The smallest absolute Gasteiger partial charge is 0.364 e. The highest BCUT2D eigenvalue weighted by atomic mass is 19.4. The number of nitrogens with two attached hydrogens (primary N) is 1. The third kappa shape index (κ3) is 5.08. The molecule has 0 radical (unpaired) electrons. The summed E-state index contributed by atoms with van der Waals surface area (Å²) in [5, 5.41) is 2.57. The maximum absolute atomic E-state index is 12.2. The van der Waals surface area contributed by atoms with Crippen LogP contribution in [0.15, 0.2) is 42.6 Å². The Bertz CT molecular complexity index is 726. The van der Waals surface area contributed by atoms with Crippen molar-refractivity contribution in [3.05, 3.63) is 59.4 Å². The van der Waals surface area contributed by atoms with Crippen molar-refractivity contribution in [1.82, 2.24) is 4.98 Å². The van der Waals surface area contributed by atoms with E-state index < -0.39 is 24.4 Å². The van der Waals surface area contributed by atoms with Gasteiger partial charge in [0.1, 0.15) is 5.69 Å². The number of alkyl halides is 3. The van der Waals surface area contributed by atoms with E-state index in [2.05, 4.69) is 10.3 Å². The lowest BCUT2D eigenvalue weighted by Gasteiger charge is -2.08. The van der Waals surface area contributed by atoms with Crippen LogP contribution in [0.4, 0.5) is 18.9 Å². The van der Waals surface area contributed by atoms with E-state index >= 15 is 0 Å². The second-order valence-electron chi connectivity index (χ2n) is 5.06. The molecule has 0 spiro atoms. The van der Waals surface area contributed by atoms with E-state index in [-0.39, 0.29) is 12.1 Å². The summed E-state index contributed by atoms with van der Waals surface area (Å²) >= 11 is 0. The van der Waals surface area contributed by atoms with Gasteiger partial charge in [-0.15, -0.1) is 0 Å². The van der Waals surface area contributed by atoms with Gasteiger partial charge in [0, 0.05) is 12.0 Å². The van der Waals surface area contributed by atoms with Crippen LogP contribution in [0.2, 0.25) is 0 Å². The SMILES string of the molecule is NC(=O)c1ccc(NC(=O)c2ccc(CCC(F)(F)F)cc2)cn1. The van der Waals surface area contributed by atoms with Crippen molar-refractivity contribution >= 4 is 17.5 Å². The van der Waals surface area contributed by atoms with E-state index in [1.165, 1.54) is 42.6 Å². The Hall–Kier alpha value is -2.90. The first kappa shape index (κ1) is 17.5. The Labute approximate surface area is 135 Å². The minimum atomic E-state index is -4.21. The number of rotatable bonds is 5. The zero-order chi connectivity index (χ0) is 17.7. The molecule has 5 nitrogen and oxygen atoms in total. The molecule has 2 rings (SSSR count). The van der Waals surface area contributed by atoms with Gasteiger partial charge in [0.25, 0.3) is 11.8 Å². The minimum absolute atomic E-state index is 0.0713. The Balaban J connectivity index is 1.98. The van der Waals surface area contributed by atoms with Gasteiger partial charge in [0.2, 0.25) is 0 Å². The van der Waals surface area contributed by atoms with Crippen LogP contribution in [0, 0.1) is 0 Å². The van der Waals surface area contributed by atoms with Crippen molar-refractivity contribution in [2.75, 3.05) is 5.32 Å². The largest absolute Gasteiger partial charge is 0.389 e. The van der Waals surface area contributed by atoms with Crippen molar-refractivity contribution in [1.29, 1.82) is 0 Å². The Morgan fingerprint density at radius 2 is 1.75 bits per heavy atom. The van der Waals surface area contributed by atoms with Gasteiger partial charge in [-0.25, -0.2) is 4.98 Å². The number of pyridine rings is 1. The maximum Gasteiger partial charge on any atom is 0.389 e. The maximum atomic E-state index is 12.2. The van der Waals surface area contributed by atoms with Gasteiger partial charge < -0.3 is 11.1 Å². The fourth-order valence-electron chi connectivity index (χ4n) is 1.93. The van der Waals surface area contributed by atoms with Gasteiger partial charge in [0.15, 0.2) is 0 Å². The molecule has 126 valence electrons. The first-order chi connectivity index (χ1) is 11.2. The molecule has 0 fully saturated rings. The Kier molecular flexibility index (Phi) is 5.18. The molecule has 0 aliphatic carbocycles. The predicted octanol–water partition coefficient (Wildman–Crippen LogP) is 2.93. The molecule has 0 unspecified atom stereocenters. The molecule has 1 aromatic heterocycles. The third-order valence-electron chi connectivity index (χ3n) is 3.19. The summed E-state index contributed by atoms with van der Waals surface area (Å²) in [5.41, 5.74) is 6.29. The molecule has 0 atom stereocenters. The number of hydrogen-bond acceptors (Lipinski definition) is 3. The molecule has 2 amide bonds. The highest BCUT2D eigenvalue weighted by Crippen LogP contribution is 2.22. The average molecular weight is 337 g/mol. The fourth-order valence-corrected chi connectivity index (χ4v) is 1.93. The van der Waals surface area contributed by atoms with Crippen LogP contribution in [-0.4, -0.2) is 23.0 Å². The first-order valence-electron chi connectivity index (χ1n) is 6.97. The first-order valence-corrected chi connectivity index (χ1v) is 6.97. The van der Waals surface area contributed by atoms with Gasteiger partial charge in [-0.3, -0.25) is 9.59 Å². The minimum Gasteiger partial charge on any atom is -0.364 e. The van der Waals surface area contributed by atoms with Crippen LogP contribution in [0.25, 0.3) is 0 Å². The van der Waals surface area contributed by atoms with Crippen LogP contribution in [0.3, 0.4) is 0 Å². The summed E-state index contributed by atoms with van der Waals surface area (Å²) in [4.78, 5) is 26.7. The number of aryl methyl sites for hydroxylation is 1. The van der Waals surface area contributed by atoms with Gasteiger partial charge >= 0.3 is 6.18 Å². The zero-order valence-corrected chi connectivity index (χ0v) is 12.4. The molecule has 1 aromatic carbocycles. The molecule has 1 heterocycles. The van der Waals surface area contributed by atoms with Crippen molar-refractivity contribution in [2.24, 2.45) is 5.73 Å². The number of nitrogens with zero attached hydrogens (tertiary/aromatic N) is 1. The standard InChI is InChI=1S/C16H14F3N3O2/c17-16(18,19)8-7-10-1-3-11(4-2-10)15(24)22-12-5-6-13(14(20)23)21-9-12/h1-6,9H,7-8H2,(H2,20,23)(H,22,24). The van der Waals surface area contributed by atoms with E-state index in [1.54, 1.807) is 0 Å². The summed E-state index contributed by atoms with van der Waals surface area (Å²) < 4.78 is 36.5. The van der Waals surface area contributed by atoms with Gasteiger partial charge in [-0.1, -0.05) is 12.1 Å². The lowest BCUT2D eigenvalue weighted by atomic mass is 10.1. The third-order valence-corrected chi connectivity index (χ3v) is 3.19. The second-order valence-corrected chi connectivity index (χ2v) is 5.06. The van der Waals surface area contributed by atoms with Crippen LogP contribution in [0.5, 0.6) is 0 Å². The summed E-state index contributed by atoms with van der Waals surface area (Å²) in [6, 6.07) is 8.71. The molecule has 0 saturated heterocycles. The highest BCUT2D eigenvalue weighted by Gasteiger charge is 2.26. The van der Waals surface area contributed by atoms with Crippen molar-refractivity contribution in [3.8, 4) is 0 Å². The average Bonchev–Trinajstić information content (AvgIpc) is 2.53. The Morgan fingerprint density at radius 3 is 2.25 bits per heavy atom. The van der Waals surface area contributed by atoms with Crippen LogP contribution in [0.1, 0.15) is 32.8 Å². The number of carbonyl (C=O) groups excluding carboxylic acids is 2. The summed E-state index contributed by atoms with van der Waals surface area (Å²) in [6.45, 7) is 0. The number of primary amides is 1. The topological polar surface area (TPSA) is 85.1 Å². The Morgan fingerprint density at radius 1 is 1.08 bits per heavy atom. The van der Waals surface area contributed by atoms with Gasteiger partial charge in [0.05, 0.1) is 11.9 Å². The van der Waals surface area contributed by atoms with Crippen LogP contribution < -0.4 is 11.1 Å². The lowest BCUT2D eigenvalue weighted by molar-refractivity contribution is -0.134. The second kappa shape index (κ2) is 7.12. The van der Waals surface area contributed by atoms with E-state index in [4.69, 9.17) is 5.73 Å². The number of nitrogens with one attached hydrogen (secondary N) is 1. The quantitative estimate of drug-likeness (QED) is 0.880. The fraction of sp³-hybridized carbons (Fsp3) is 0.188. The molecule has 0 aliphatic heterocycles. The normalized spacial score (nSPS) is 11.1. The van der Waals surface area contributed by atoms with E-state index in [1.807, 2.05) is 0 Å². The number of hydrogen-bond donors (Lipinski definition) is 2. The van der Waals surface area contributed by atoms with Crippen molar-refractivity contribution in [3.63, 3.8) is 0 Å². The van der Waals surface area contributed by atoms with Crippen molar-refractivity contribution in [2.45, 2.75) is 19.0 Å². The van der Waals surface area contributed by atoms with Crippen LogP contribution in [-0.2, 0) is 6.42 Å².